The quantitative estimate of drug-likeness (QED) is 0.407. The number of hydrogen-bond donors (Lipinski definition) is 2. The molecule has 0 bridgehead atoms. The van der Waals surface area contributed by atoms with Gasteiger partial charge in [-0.15, -0.1) is 0 Å². The number of nitrogens with one attached hydrogen (secondary N) is 2. The van der Waals surface area contributed by atoms with Crippen LogP contribution in [0.1, 0.15) is 5.56 Å². The average molecular weight is 516 g/mol. The highest BCUT2D eigenvalue weighted by molar-refractivity contribution is 7.89. The molecule has 0 aliphatic heterocycles. The van der Waals surface area contributed by atoms with Crippen LogP contribution >= 0.6 is 11.6 Å². The Morgan fingerprint density at radius 1 is 0.971 bits per heavy atom. The molecule has 0 spiro atoms. The van der Waals surface area contributed by atoms with Crippen LogP contribution in [-0.2, 0) is 16.2 Å². The van der Waals surface area contributed by atoms with Crippen LogP contribution < -0.4 is 14.9 Å². The van der Waals surface area contributed by atoms with Gasteiger partial charge in [0, 0.05) is 29.5 Å². The van der Waals surface area contributed by atoms with Gasteiger partial charge in [0.1, 0.15) is 5.82 Å². The Labute approximate surface area is 198 Å². The first kappa shape index (κ1) is 25.5. The van der Waals surface area contributed by atoms with Crippen LogP contribution in [0.5, 0.6) is 0 Å². The van der Waals surface area contributed by atoms with E-state index in [0.717, 1.165) is 35.2 Å². The van der Waals surface area contributed by atoms with Crippen LogP contribution in [0.15, 0.2) is 77.7 Å². The molecular weight excluding hydrogens is 498 g/mol. The second-order valence-corrected chi connectivity index (χ2v) is 9.19. The van der Waals surface area contributed by atoms with Crippen LogP contribution in [0.25, 0.3) is 0 Å². The van der Waals surface area contributed by atoms with Crippen LogP contribution in [0.3, 0.4) is 0 Å². The molecular formula is C22H18ClF4N3O3S. The van der Waals surface area contributed by atoms with Gasteiger partial charge >= 0.3 is 12.2 Å². The Hall–Kier alpha value is -3.15. The molecule has 0 radical (unpaired) electrons. The van der Waals surface area contributed by atoms with Gasteiger partial charge in [-0.25, -0.2) is 22.3 Å². The monoisotopic (exact) mass is 515 g/mol. The fourth-order valence-electron chi connectivity index (χ4n) is 2.91. The van der Waals surface area contributed by atoms with Gasteiger partial charge in [-0.05, 0) is 66.7 Å². The van der Waals surface area contributed by atoms with E-state index in [1.54, 1.807) is 24.3 Å². The zero-order valence-electron chi connectivity index (χ0n) is 17.3. The van der Waals surface area contributed by atoms with Gasteiger partial charge in [-0.3, -0.25) is 4.90 Å². The summed E-state index contributed by atoms with van der Waals surface area (Å²) in [7, 11) is -4.30. The van der Waals surface area contributed by atoms with E-state index in [-0.39, 0.29) is 18.8 Å². The molecule has 0 aliphatic carbocycles. The smallest absolute Gasteiger partial charge is 0.308 e. The molecule has 34 heavy (non-hydrogen) atoms. The summed E-state index contributed by atoms with van der Waals surface area (Å²) >= 11 is 5.83. The van der Waals surface area contributed by atoms with Crippen molar-refractivity contribution in [2.75, 3.05) is 23.3 Å². The number of carbonyl (C=O) groups is 1. The highest BCUT2D eigenvalue weighted by atomic mass is 35.5. The summed E-state index contributed by atoms with van der Waals surface area (Å²) in [6, 6.07) is 13.8. The lowest BCUT2D eigenvalue weighted by molar-refractivity contribution is -0.137. The zero-order valence-corrected chi connectivity index (χ0v) is 18.9. The van der Waals surface area contributed by atoms with Crippen LogP contribution in [0.2, 0.25) is 5.02 Å². The minimum Gasteiger partial charge on any atom is -0.308 e. The van der Waals surface area contributed by atoms with E-state index < -0.39 is 38.5 Å². The summed E-state index contributed by atoms with van der Waals surface area (Å²) in [6.07, 6.45) is -4.70. The van der Waals surface area contributed by atoms with Gasteiger partial charge in [0.2, 0.25) is 10.0 Å². The Bertz CT molecular complexity index is 1250. The van der Waals surface area contributed by atoms with Gasteiger partial charge < -0.3 is 5.32 Å². The van der Waals surface area contributed by atoms with Crippen molar-refractivity contribution >= 4 is 39.0 Å². The average Bonchev–Trinajstić information content (AvgIpc) is 2.78. The molecule has 0 saturated heterocycles. The summed E-state index contributed by atoms with van der Waals surface area (Å²) in [6.45, 7) is -0.534. The molecule has 0 heterocycles. The number of rotatable bonds is 7. The Balaban J connectivity index is 1.75. The second-order valence-electron chi connectivity index (χ2n) is 6.99. The first-order valence-corrected chi connectivity index (χ1v) is 11.6. The molecule has 0 fully saturated rings. The number of nitrogens with zero attached hydrogens (tertiary/aromatic N) is 1. The third-order valence-electron chi connectivity index (χ3n) is 4.58. The molecule has 0 atom stereocenters. The molecule has 12 heteroatoms. The lowest BCUT2D eigenvalue weighted by Crippen LogP contribution is -2.41. The fraction of sp³-hybridized carbons (Fsp3) is 0.136. The van der Waals surface area contributed by atoms with E-state index in [2.05, 4.69) is 10.0 Å². The Morgan fingerprint density at radius 3 is 2.24 bits per heavy atom. The third-order valence-corrected chi connectivity index (χ3v) is 6.29. The van der Waals surface area contributed by atoms with Gasteiger partial charge in [-0.2, -0.15) is 13.2 Å². The number of benzene rings is 3. The maximum atomic E-state index is 13.3. The van der Waals surface area contributed by atoms with Crippen LogP contribution in [0, 0.1) is 5.82 Å². The van der Waals surface area contributed by atoms with Gasteiger partial charge in [0.25, 0.3) is 0 Å². The van der Waals surface area contributed by atoms with Crippen LogP contribution in [-0.4, -0.2) is 27.5 Å². The first-order chi connectivity index (χ1) is 16.0. The van der Waals surface area contributed by atoms with Crippen molar-refractivity contribution in [1.82, 2.24) is 4.72 Å². The fourth-order valence-corrected chi connectivity index (χ4v) is 4.10. The lowest BCUT2D eigenvalue weighted by Gasteiger charge is -2.23. The number of amides is 2. The summed E-state index contributed by atoms with van der Waals surface area (Å²) in [4.78, 5) is 13.4. The minimum absolute atomic E-state index is 0.205. The number of anilines is 2. The van der Waals surface area contributed by atoms with Gasteiger partial charge in [0.05, 0.1) is 10.5 Å². The second kappa shape index (κ2) is 10.4. The molecule has 180 valence electrons. The van der Waals surface area contributed by atoms with Gasteiger partial charge in [-0.1, -0.05) is 17.7 Å². The van der Waals surface area contributed by atoms with Crippen molar-refractivity contribution in [3.63, 3.8) is 0 Å². The predicted molar refractivity (Wildman–Crippen MR) is 121 cm³/mol. The molecule has 2 N–H and O–H groups in total. The summed E-state index contributed by atoms with van der Waals surface area (Å²) < 4.78 is 79.3. The van der Waals surface area contributed by atoms with Crippen molar-refractivity contribution in [3.8, 4) is 0 Å². The third kappa shape index (κ3) is 6.69. The molecule has 0 saturated carbocycles. The van der Waals surface area contributed by atoms with Crippen molar-refractivity contribution in [3.05, 3.63) is 89.2 Å². The van der Waals surface area contributed by atoms with Crippen LogP contribution in [0.4, 0.5) is 33.7 Å². The number of carbonyl (C=O) groups excluding carboxylic acids is 1. The zero-order chi connectivity index (χ0) is 24.9. The lowest BCUT2D eigenvalue weighted by atomic mass is 10.2. The number of hydrogen-bond acceptors (Lipinski definition) is 3. The summed E-state index contributed by atoms with van der Waals surface area (Å²) in [5.74, 6) is -0.535. The largest absolute Gasteiger partial charge is 0.416 e. The predicted octanol–water partition coefficient (Wildman–Crippen LogP) is 5.51. The molecule has 0 aliphatic rings. The van der Waals surface area contributed by atoms with E-state index in [0.29, 0.717) is 16.8 Å². The molecule has 3 aromatic carbocycles. The van der Waals surface area contributed by atoms with Crippen molar-refractivity contribution in [2.24, 2.45) is 0 Å². The van der Waals surface area contributed by atoms with Crippen molar-refractivity contribution < 1.29 is 30.8 Å². The van der Waals surface area contributed by atoms with E-state index in [1.807, 2.05) is 0 Å². The maximum Gasteiger partial charge on any atom is 0.416 e. The van der Waals surface area contributed by atoms with Crippen molar-refractivity contribution in [2.45, 2.75) is 11.1 Å². The first-order valence-electron chi connectivity index (χ1n) is 9.72. The Kier molecular flexibility index (Phi) is 7.80. The number of urea groups is 1. The van der Waals surface area contributed by atoms with E-state index in [9.17, 15) is 30.8 Å². The molecule has 0 aromatic heterocycles. The van der Waals surface area contributed by atoms with Crippen molar-refractivity contribution in [1.29, 1.82) is 0 Å². The number of alkyl halides is 3. The van der Waals surface area contributed by atoms with E-state index >= 15 is 0 Å². The molecule has 6 nitrogen and oxygen atoms in total. The number of halogens is 5. The topological polar surface area (TPSA) is 78.5 Å². The summed E-state index contributed by atoms with van der Waals surface area (Å²) in [5, 5.41) is 3.07. The van der Waals surface area contributed by atoms with Gasteiger partial charge in [0.15, 0.2) is 0 Å². The molecule has 0 unspecified atom stereocenters. The minimum atomic E-state index is -4.70. The molecule has 2 amide bonds. The van der Waals surface area contributed by atoms with E-state index in [4.69, 9.17) is 11.6 Å². The SMILES string of the molecule is O=C(Nc1ccc(Cl)cc1)N(CCNS(=O)(=O)c1cccc(C(F)(F)F)c1)c1ccc(F)cc1. The highest BCUT2D eigenvalue weighted by Crippen LogP contribution is 2.30. The highest BCUT2D eigenvalue weighted by Gasteiger charge is 2.31. The van der Waals surface area contributed by atoms with E-state index in [1.165, 1.54) is 12.1 Å². The maximum absolute atomic E-state index is 13.3. The molecule has 3 aromatic rings. The summed E-state index contributed by atoms with van der Waals surface area (Å²) in [5.41, 5.74) is -0.428. The Morgan fingerprint density at radius 2 is 1.62 bits per heavy atom. The normalized spacial score (nSPS) is 11.8. The standard InChI is InChI=1S/C22H18ClF4N3O3S/c23-16-4-8-18(9-5-16)29-21(31)30(19-10-6-17(24)7-11-19)13-12-28-34(32,33)20-3-1-2-15(14-20)22(25,26)27/h1-11,14,28H,12-13H2,(H,29,31). The molecule has 3 rings (SSSR count). The number of sulfonamides is 1.